The maximum atomic E-state index is 9.64. The Bertz CT molecular complexity index is 1040. The number of aliphatic hydroxyl groups excluding tert-OH is 1. The van der Waals surface area contributed by atoms with Gasteiger partial charge in [0, 0.05) is 29.2 Å². The minimum atomic E-state index is -0.508. The Morgan fingerprint density at radius 1 is 1.14 bits per heavy atom. The van der Waals surface area contributed by atoms with E-state index in [1.54, 1.807) is 14.2 Å². The maximum Gasteiger partial charge on any atom is 0.166 e. The molecule has 1 N–H and O–H groups in total. The van der Waals surface area contributed by atoms with E-state index in [2.05, 4.69) is 10.2 Å². The number of hydrogen-bond acceptors (Lipinski definition) is 6. The number of aryl methyl sites for hydroxylation is 1. The molecule has 152 valence electrons. The first-order chi connectivity index (χ1) is 14.1. The number of nitrogens with zero attached hydrogens (tertiary/aromatic N) is 3. The zero-order valence-corrected chi connectivity index (χ0v) is 17.2. The van der Waals surface area contributed by atoms with E-state index in [0.717, 1.165) is 22.6 Å². The summed E-state index contributed by atoms with van der Waals surface area (Å²) in [4.78, 5) is 0. The summed E-state index contributed by atoms with van der Waals surface area (Å²) in [5, 5.41) is 18.8. The highest BCUT2D eigenvalue weighted by Crippen LogP contribution is 2.46. The van der Waals surface area contributed by atoms with Gasteiger partial charge in [-0.05, 0) is 31.2 Å². The monoisotopic (exact) mass is 415 g/mol. The highest BCUT2D eigenvalue weighted by molar-refractivity contribution is 6.30. The van der Waals surface area contributed by atoms with Gasteiger partial charge in [0.05, 0.1) is 19.9 Å². The number of aromatic nitrogens is 3. The zero-order valence-electron chi connectivity index (χ0n) is 16.4. The van der Waals surface area contributed by atoms with Crippen molar-refractivity contribution < 1.29 is 19.3 Å². The molecule has 0 saturated heterocycles. The van der Waals surface area contributed by atoms with E-state index in [0.29, 0.717) is 28.8 Å². The molecule has 7 nitrogen and oxygen atoms in total. The van der Waals surface area contributed by atoms with Crippen molar-refractivity contribution in [3.05, 3.63) is 64.2 Å². The van der Waals surface area contributed by atoms with Gasteiger partial charge in [-0.2, -0.15) is 0 Å². The van der Waals surface area contributed by atoms with Crippen LogP contribution in [0, 0.1) is 6.92 Å². The van der Waals surface area contributed by atoms with E-state index < -0.39 is 12.2 Å². The van der Waals surface area contributed by atoms with Crippen LogP contribution in [0.2, 0.25) is 5.02 Å². The minimum Gasteiger partial charge on any atom is -0.493 e. The first-order valence-corrected chi connectivity index (χ1v) is 9.65. The van der Waals surface area contributed by atoms with Crippen LogP contribution in [0.5, 0.6) is 11.5 Å². The van der Waals surface area contributed by atoms with E-state index in [1.807, 2.05) is 47.9 Å². The number of aliphatic hydroxyl groups is 1. The van der Waals surface area contributed by atoms with Gasteiger partial charge in [-0.15, -0.1) is 10.2 Å². The third-order valence-corrected chi connectivity index (χ3v) is 5.29. The van der Waals surface area contributed by atoms with Crippen LogP contribution in [0.25, 0.3) is 5.69 Å². The Labute approximate surface area is 173 Å². The van der Waals surface area contributed by atoms with Gasteiger partial charge in [-0.25, -0.2) is 0 Å². The Morgan fingerprint density at radius 3 is 2.69 bits per heavy atom. The van der Waals surface area contributed by atoms with Crippen LogP contribution in [0.3, 0.4) is 0 Å². The summed E-state index contributed by atoms with van der Waals surface area (Å²) in [6.07, 6.45) is -0.595. The molecule has 2 atom stereocenters. The molecule has 0 spiro atoms. The SMILES string of the molecule is COc1cccc([C@@H]2O[C@@H](CCO)c3nnc(C)n3-c3ccc(Cl)cc32)c1OC. The predicted molar refractivity (Wildman–Crippen MR) is 108 cm³/mol. The topological polar surface area (TPSA) is 78.6 Å². The Balaban J connectivity index is 1.98. The smallest absolute Gasteiger partial charge is 0.166 e. The van der Waals surface area contributed by atoms with Crippen molar-refractivity contribution in [1.82, 2.24) is 14.8 Å². The second-order valence-corrected chi connectivity index (χ2v) is 7.18. The van der Waals surface area contributed by atoms with Crippen molar-refractivity contribution in [2.45, 2.75) is 25.6 Å². The summed E-state index contributed by atoms with van der Waals surface area (Å²) in [5.41, 5.74) is 2.53. The third-order valence-electron chi connectivity index (χ3n) is 5.06. The lowest BCUT2D eigenvalue weighted by Gasteiger charge is -2.24. The standard InChI is InChI=1S/C21H22ClN3O4/c1-12-23-24-21-18(9-10-26)29-19(14-5-4-6-17(27-2)20(14)28-3)15-11-13(22)7-8-16(15)25(12)21/h4-8,11,18-19,26H,9-10H2,1-3H3/t18-,19-/m0/s1. The van der Waals surface area contributed by atoms with Crippen LogP contribution >= 0.6 is 11.6 Å². The molecular formula is C21H22ClN3O4. The van der Waals surface area contributed by atoms with Gasteiger partial charge in [-0.3, -0.25) is 4.57 Å². The van der Waals surface area contributed by atoms with Crippen molar-refractivity contribution >= 4 is 11.6 Å². The van der Waals surface area contributed by atoms with Gasteiger partial charge in [0.1, 0.15) is 18.0 Å². The fraction of sp³-hybridized carbons (Fsp3) is 0.333. The van der Waals surface area contributed by atoms with Crippen molar-refractivity contribution in [2.24, 2.45) is 0 Å². The van der Waals surface area contributed by atoms with Gasteiger partial charge >= 0.3 is 0 Å². The van der Waals surface area contributed by atoms with Crippen LogP contribution in [-0.2, 0) is 4.74 Å². The fourth-order valence-electron chi connectivity index (χ4n) is 3.80. The Morgan fingerprint density at radius 2 is 1.97 bits per heavy atom. The zero-order chi connectivity index (χ0) is 20.5. The molecule has 3 aromatic rings. The van der Waals surface area contributed by atoms with Crippen molar-refractivity contribution in [1.29, 1.82) is 0 Å². The van der Waals surface area contributed by atoms with Crippen LogP contribution < -0.4 is 9.47 Å². The summed E-state index contributed by atoms with van der Waals surface area (Å²) in [6.45, 7) is 1.84. The molecular weight excluding hydrogens is 394 g/mol. The molecule has 0 fully saturated rings. The van der Waals surface area contributed by atoms with Crippen molar-refractivity contribution in [2.75, 3.05) is 20.8 Å². The van der Waals surface area contributed by atoms with Crippen LogP contribution in [0.15, 0.2) is 36.4 Å². The van der Waals surface area contributed by atoms with Crippen LogP contribution in [-0.4, -0.2) is 40.7 Å². The molecule has 0 aliphatic carbocycles. The molecule has 0 saturated carbocycles. The van der Waals surface area contributed by atoms with E-state index in [9.17, 15) is 5.11 Å². The second-order valence-electron chi connectivity index (χ2n) is 6.74. The molecule has 8 heteroatoms. The lowest BCUT2D eigenvalue weighted by atomic mass is 9.98. The summed E-state index contributed by atoms with van der Waals surface area (Å²) in [6, 6.07) is 11.3. The first-order valence-electron chi connectivity index (χ1n) is 9.28. The highest BCUT2D eigenvalue weighted by atomic mass is 35.5. The summed E-state index contributed by atoms with van der Waals surface area (Å²) < 4.78 is 19.6. The Kier molecular flexibility index (Phi) is 5.45. The third kappa shape index (κ3) is 3.35. The average Bonchev–Trinajstić information content (AvgIpc) is 3.05. The Hall–Kier alpha value is -2.61. The molecule has 0 bridgehead atoms. The molecule has 2 heterocycles. The highest BCUT2D eigenvalue weighted by Gasteiger charge is 2.34. The van der Waals surface area contributed by atoms with Gasteiger partial charge in [0.25, 0.3) is 0 Å². The quantitative estimate of drug-likeness (QED) is 0.683. The van der Waals surface area contributed by atoms with Gasteiger partial charge in [0.2, 0.25) is 0 Å². The molecule has 4 rings (SSSR count). The first kappa shape index (κ1) is 19.7. The average molecular weight is 416 g/mol. The molecule has 29 heavy (non-hydrogen) atoms. The lowest BCUT2D eigenvalue weighted by Crippen LogP contribution is -2.14. The minimum absolute atomic E-state index is 0.0460. The molecule has 1 aliphatic heterocycles. The van der Waals surface area contributed by atoms with E-state index in [1.165, 1.54) is 0 Å². The number of benzene rings is 2. The maximum absolute atomic E-state index is 9.64. The van der Waals surface area contributed by atoms with E-state index in [4.69, 9.17) is 25.8 Å². The fourth-order valence-corrected chi connectivity index (χ4v) is 3.98. The largest absolute Gasteiger partial charge is 0.493 e. The van der Waals surface area contributed by atoms with Crippen LogP contribution in [0.4, 0.5) is 0 Å². The number of fused-ring (bicyclic) bond motifs is 3. The number of methoxy groups -OCH3 is 2. The molecule has 0 radical (unpaired) electrons. The molecule has 0 unspecified atom stereocenters. The van der Waals surface area contributed by atoms with Gasteiger partial charge in [0.15, 0.2) is 17.3 Å². The summed E-state index contributed by atoms with van der Waals surface area (Å²) in [5.74, 6) is 2.57. The second kappa shape index (κ2) is 8.02. The number of ether oxygens (including phenoxy) is 3. The number of para-hydroxylation sites is 1. The van der Waals surface area contributed by atoms with E-state index >= 15 is 0 Å². The predicted octanol–water partition coefficient (Wildman–Crippen LogP) is 3.79. The molecule has 1 aromatic heterocycles. The van der Waals surface area contributed by atoms with E-state index in [-0.39, 0.29) is 6.61 Å². The lowest BCUT2D eigenvalue weighted by molar-refractivity contribution is -0.00985. The molecule has 0 amide bonds. The molecule has 1 aliphatic rings. The van der Waals surface area contributed by atoms with Crippen molar-refractivity contribution in [3.8, 4) is 17.2 Å². The normalized spacial score (nSPS) is 18.0. The molecule has 2 aromatic carbocycles. The van der Waals surface area contributed by atoms with Crippen molar-refractivity contribution in [3.63, 3.8) is 0 Å². The number of halogens is 1. The van der Waals surface area contributed by atoms with Gasteiger partial charge in [-0.1, -0.05) is 23.7 Å². The number of rotatable bonds is 5. The number of hydrogen-bond donors (Lipinski definition) is 1. The van der Waals surface area contributed by atoms with Gasteiger partial charge < -0.3 is 19.3 Å². The summed E-state index contributed by atoms with van der Waals surface area (Å²) >= 11 is 6.36. The van der Waals surface area contributed by atoms with Crippen LogP contribution in [0.1, 0.15) is 41.4 Å². The summed E-state index contributed by atoms with van der Waals surface area (Å²) in [7, 11) is 3.20.